The zero-order chi connectivity index (χ0) is 14.4. The Morgan fingerprint density at radius 3 is 2.64 bits per heavy atom. The lowest BCUT2D eigenvalue weighted by molar-refractivity contribution is 0.163. The van der Waals surface area contributed by atoms with Gasteiger partial charge in [-0.3, -0.25) is 4.90 Å². The van der Waals surface area contributed by atoms with E-state index in [-0.39, 0.29) is 30.9 Å². The molecule has 1 aliphatic heterocycles. The van der Waals surface area contributed by atoms with Gasteiger partial charge in [0.2, 0.25) is 0 Å². The van der Waals surface area contributed by atoms with Crippen molar-refractivity contribution < 1.29 is 9.84 Å². The van der Waals surface area contributed by atoms with Gasteiger partial charge in [-0.2, -0.15) is 0 Å². The Morgan fingerprint density at radius 1 is 1.36 bits per heavy atom. The van der Waals surface area contributed by atoms with E-state index in [4.69, 9.17) is 4.74 Å². The van der Waals surface area contributed by atoms with Crippen molar-refractivity contribution in [3.63, 3.8) is 0 Å². The van der Waals surface area contributed by atoms with E-state index < -0.39 is 0 Å². The number of phenols is 1. The summed E-state index contributed by atoms with van der Waals surface area (Å²) in [6.45, 7) is 7.80. The Balaban J connectivity index is 0.00000220. The van der Waals surface area contributed by atoms with E-state index in [1.54, 1.807) is 19.2 Å². The van der Waals surface area contributed by atoms with Crippen LogP contribution in [-0.4, -0.2) is 43.3 Å². The lowest BCUT2D eigenvalue weighted by Crippen LogP contribution is -2.45. The number of ether oxygens (including phenoxy) is 1. The number of hydrogen-bond acceptors (Lipinski definition) is 4. The van der Waals surface area contributed by atoms with Crippen LogP contribution in [0.5, 0.6) is 11.5 Å². The molecule has 4 nitrogen and oxygen atoms in total. The minimum Gasteiger partial charge on any atom is -0.508 e. The topological polar surface area (TPSA) is 44.7 Å². The molecule has 0 spiro atoms. The quantitative estimate of drug-likeness (QED) is 0.775. The Labute approximate surface area is 145 Å². The normalized spacial score (nSPS) is 16.0. The second-order valence-corrected chi connectivity index (χ2v) is 5.09. The van der Waals surface area contributed by atoms with E-state index in [0.29, 0.717) is 5.75 Å². The molecule has 22 heavy (non-hydrogen) atoms. The van der Waals surface area contributed by atoms with Gasteiger partial charge in [0.25, 0.3) is 0 Å². The highest BCUT2D eigenvalue weighted by molar-refractivity contribution is 5.85. The summed E-state index contributed by atoms with van der Waals surface area (Å²) < 4.78 is 5.29. The Bertz CT molecular complexity index is 452. The second-order valence-electron chi connectivity index (χ2n) is 5.09. The molecule has 126 valence electrons. The van der Waals surface area contributed by atoms with Crippen molar-refractivity contribution in [1.29, 1.82) is 0 Å². The molecule has 0 saturated carbocycles. The van der Waals surface area contributed by atoms with E-state index >= 15 is 0 Å². The number of hydrogen-bond donors (Lipinski definition) is 2. The molecule has 1 saturated heterocycles. The molecule has 0 radical (unpaired) electrons. The molecular weight excluding hydrogens is 323 g/mol. The van der Waals surface area contributed by atoms with Crippen molar-refractivity contribution in [2.45, 2.75) is 18.9 Å². The number of rotatable bonds is 6. The number of benzene rings is 1. The van der Waals surface area contributed by atoms with Gasteiger partial charge in [-0.15, -0.1) is 31.4 Å². The highest BCUT2D eigenvalue weighted by atomic mass is 35.5. The molecule has 0 amide bonds. The molecule has 1 atom stereocenters. The molecule has 1 fully saturated rings. The molecule has 1 heterocycles. The van der Waals surface area contributed by atoms with Gasteiger partial charge in [-0.05, 0) is 31.0 Å². The summed E-state index contributed by atoms with van der Waals surface area (Å²) >= 11 is 0. The number of methoxy groups -OCH3 is 1. The number of nitrogens with one attached hydrogen (secondary N) is 1. The lowest BCUT2D eigenvalue weighted by Gasteiger charge is -2.35. The monoisotopic (exact) mass is 348 g/mol. The Hall–Kier alpha value is -0.940. The highest BCUT2D eigenvalue weighted by Crippen LogP contribution is 2.35. The summed E-state index contributed by atoms with van der Waals surface area (Å²) in [5.41, 5.74) is 0.952. The van der Waals surface area contributed by atoms with Crippen LogP contribution in [-0.2, 0) is 0 Å². The lowest BCUT2D eigenvalue weighted by atomic mass is 9.98. The molecule has 6 heteroatoms. The molecule has 2 rings (SSSR count). The van der Waals surface area contributed by atoms with Crippen LogP contribution in [0, 0.1) is 0 Å². The predicted molar refractivity (Wildman–Crippen MR) is 95.8 cm³/mol. The fourth-order valence-electron chi connectivity index (χ4n) is 2.73. The SMILES string of the molecule is C=CCC[C@@H](c1cc(OC)ccc1O)N1CCNCC1.Cl.Cl. The Kier molecular flexibility index (Phi) is 10.3. The van der Waals surface area contributed by atoms with E-state index in [9.17, 15) is 5.11 Å². The molecule has 1 aromatic rings. The van der Waals surface area contributed by atoms with Crippen LogP contribution in [0.3, 0.4) is 0 Å². The van der Waals surface area contributed by atoms with Crippen molar-refractivity contribution in [3.05, 3.63) is 36.4 Å². The van der Waals surface area contributed by atoms with Crippen molar-refractivity contribution in [2.75, 3.05) is 33.3 Å². The maximum Gasteiger partial charge on any atom is 0.120 e. The summed E-state index contributed by atoms with van der Waals surface area (Å²) in [5, 5.41) is 13.6. The number of aromatic hydroxyl groups is 1. The maximum atomic E-state index is 10.2. The zero-order valence-corrected chi connectivity index (χ0v) is 14.6. The van der Waals surface area contributed by atoms with Gasteiger partial charge in [-0.25, -0.2) is 0 Å². The summed E-state index contributed by atoms with van der Waals surface area (Å²) in [7, 11) is 1.65. The summed E-state index contributed by atoms with van der Waals surface area (Å²) in [6.07, 6.45) is 3.84. The molecule has 0 aliphatic carbocycles. The van der Waals surface area contributed by atoms with E-state index in [1.165, 1.54) is 0 Å². The van der Waals surface area contributed by atoms with Crippen LogP contribution in [0.4, 0.5) is 0 Å². The van der Waals surface area contributed by atoms with Gasteiger partial charge in [0.1, 0.15) is 11.5 Å². The zero-order valence-electron chi connectivity index (χ0n) is 13.0. The number of piperazine rings is 1. The molecule has 1 aliphatic rings. The van der Waals surface area contributed by atoms with Gasteiger partial charge >= 0.3 is 0 Å². The summed E-state index contributed by atoms with van der Waals surface area (Å²) in [6, 6.07) is 5.68. The third-order valence-corrected chi connectivity index (χ3v) is 3.83. The molecular formula is C16H26Cl2N2O2. The van der Waals surface area contributed by atoms with Crippen LogP contribution in [0.2, 0.25) is 0 Å². The fraction of sp³-hybridized carbons (Fsp3) is 0.500. The Morgan fingerprint density at radius 2 is 2.05 bits per heavy atom. The predicted octanol–water partition coefficient (Wildman–Crippen LogP) is 3.16. The second kappa shape index (κ2) is 10.7. The minimum absolute atomic E-state index is 0. The summed E-state index contributed by atoms with van der Waals surface area (Å²) in [4.78, 5) is 2.43. The highest BCUT2D eigenvalue weighted by Gasteiger charge is 2.24. The largest absolute Gasteiger partial charge is 0.508 e. The molecule has 2 N–H and O–H groups in total. The van der Waals surface area contributed by atoms with Gasteiger partial charge in [0, 0.05) is 37.8 Å². The van der Waals surface area contributed by atoms with Gasteiger partial charge in [0.05, 0.1) is 7.11 Å². The van der Waals surface area contributed by atoms with E-state index in [1.807, 2.05) is 12.1 Å². The van der Waals surface area contributed by atoms with Crippen LogP contribution < -0.4 is 10.1 Å². The van der Waals surface area contributed by atoms with Crippen LogP contribution in [0.15, 0.2) is 30.9 Å². The fourth-order valence-corrected chi connectivity index (χ4v) is 2.73. The number of halogens is 2. The van der Waals surface area contributed by atoms with Crippen molar-refractivity contribution in [3.8, 4) is 11.5 Å². The maximum absolute atomic E-state index is 10.2. The average molecular weight is 349 g/mol. The van der Waals surface area contributed by atoms with Crippen LogP contribution in [0.1, 0.15) is 24.4 Å². The standard InChI is InChI=1S/C16H24N2O2.2ClH/c1-3-4-5-15(18-10-8-17-9-11-18)14-12-13(20-2)6-7-16(14)19;;/h3,6-7,12,15,17,19H,1,4-5,8-11H2,2H3;2*1H/t15-;;/m0../s1. The average Bonchev–Trinajstić information content (AvgIpc) is 2.50. The first-order valence-electron chi connectivity index (χ1n) is 7.19. The molecule has 0 aromatic heterocycles. The minimum atomic E-state index is 0. The van der Waals surface area contributed by atoms with E-state index in [0.717, 1.165) is 50.3 Å². The smallest absolute Gasteiger partial charge is 0.120 e. The number of allylic oxidation sites excluding steroid dienone is 1. The van der Waals surface area contributed by atoms with Crippen LogP contribution >= 0.6 is 24.8 Å². The van der Waals surface area contributed by atoms with E-state index in [2.05, 4.69) is 16.8 Å². The molecule has 0 bridgehead atoms. The summed E-state index contributed by atoms with van der Waals surface area (Å²) in [5.74, 6) is 1.13. The van der Waals surface area contributed by atoms with Crippen molar-refractivity contribution in [1.82, 2.24) is 10.2 Å². The molecule has 0 unspecified atom stereocenters. The third kappa shape index (κ3) is 5.36. The first-order chi connectivity index (χ1) is 9.76. The third-order valence-electron chi connectivity index (χ3n) is 3.83. The first-order valence-corrected chi connectivity index (χ1v) is 7.19. The van der Waals surface area contributed by atoms with Crippen molar-refractivity contribution >= 4 is 24.8 Å². The van der Waals surface area contributed by atoms with Gasteiger partial charge in [0.15, 0.2) is 0 Å². The van der Waals surface area contributed by atoms with Gasteiger partial charge in [-0.1, -0.05) is 6.08 Å². The number of phenolic OH excluding ortho intramolecular Hbond substituents is 1. The first kappa shape index (κ1) is 21.1. The molecule has 1 aromatic carbocycles. The van der Waals surface area contributed by atoms with Crippen molar-refractivity contribution in [2.24, 2.45) is 0 Å². The number of nitrogens with zero attached hydrogens (tertiary/aromatic N) is 1. The van der Waals surface area contributed by atoms with Crippen LogP contribution in [0.25, 0.3) is 0 Å². The van der Waals surface area contributed by atoms with Gasteiger partial charge < -0.3 is 15.2 Å².